The lowest BCUT2D eigenvalue weighted by Crippen LogP contribution is -2.32. The Bertz CT molecular complexity index is 1280. The van der Waals surface area contributed by atoms with Crippen LogP contribution in [0.2, 0.25) is 0 Å². The summed E-state index contributed by atoms with van der Waals surface area (Å²) in [7, 11) is 0. The largest absolute Gasteiger partial charge is 0.356 e. The van der Waals surface area contributed by atoms with Crippen molar-refractivity contribution in [2.24, 2.45) is 0 Å². The number of para-hydroxylation sites is 1. The Hall–Kier alpha value is -3.61. The van der Waals surface area contributed by atoms with Crippen LogP contribution in [-0.2, 0) is 17.9 Å². The van der Waals surface area contributed by atoms with Crippen LogP contribution in [0.4, 0.5) is 0 Å². The minimum Gasteiger partial charge on any atom is -0.356 e. The molecule has 0 saturated heterocycles. The van der Waals surface area contributed by atoms with Crippen molar-refractivity contribution < 1.29 is 4.79 Å². The maximum absolute atomic E-state index is 12.5. The van der Waals surface area contributed by atoms with Gasteiger partial charge in [0.15, 0.2) is 0 Å². The van der Waals surface area contributed by atoms with Crippen LogP contribution in [0.1, 0.15) is 12.8 Å². The van der Waals surface area contributed by atoms with Gasteiger partial charge in [-0.15, -0.1) is 0 Å². The topological polar surface area (TPSA) is 88.9 Å². The highest BCUT2D eigenvalue weighted by atomic mass is 16.2. The number of aromatic nitrogens is 3. The third kappa shape index (κ3) is 3.99. The lowest BCUT2D eigenvalue weighted by atomic mass is 10.2. The number of hydrogen-bond donors (Lipinski definition) is 2. The van der Waals surface area contributed by atoms with Crippen molar-refractivity contribution in [1.29, 1.82) is 0 Å². The van der Waals surface area contributed by atoms with Crippen LogP contribution in [0.15, 0.2) is 70.4 Å². The molecule has 0 saturated carbocycles. The Labute approximate surface area is 166 Å². The van der Waals surface area contributed by atoms with Crippen molar-refractivity contribution in [3.05, 3.63) is 81.5 Å². The van der Waals surface area contributed by atoms with E-state index in [0.717, 1.165) is 13.0 Å². The molecule has 7 nitrogen and oxygen atoms in total. The zero-order chi connectivity index (χ0) is 20.2. The third-order valence-electron chi connectivity index (χ3n) is 5.02. The molecule has 0 radical (unpaired) electrons. The van der Waals surface area contributed by atoms with Crippen molar-refractivity contribution in [3.63, 3.8) is 0 Å². The summed E-state index contributed by atoms with van der Waals surface area (Å²) in [6, 6.07) is 16.9. The molecule has 4 rings (SSSR count). The molecule has 1 amide bonds. The molecule has 0 fully saturated rings. The number of nitrogens with one attached hydrogen (secondary N) is 2. The summed E-state index contributed by atoms with van der Waals surface area (Å²) in [6.07, 6.45) is 2.98. The molecule has 4 aromatic rings. The van der Waals surface area contributed by atoms with Crippen LogP contribution in [0.3, 0.4) is 0 Å². The Morgan fingerprint density at radius 1 is 0.931 bits per heavy atom. The van der Waals surface area contributed by atoms with Gasteiger partial charge in [-0.25, -0.2) is 4.68 Å². The Kier molecular flexibility index (Phi) is 5.29. The highest BCUT2D eigenvalue weighted by Gasteiger charge is 2.08. The maximum atomic E-state index is 12.5. The number of amides is 1. The van der Waals surface area contributed by atoms with Crippen molar-refractivity contribution in [2.75, 3.05) is 6.54 Å². The number of aromatic amines is 1. The van der Waals surface area contributed by atoms with Crippen LogP contribution in [0.25, 0.3) is 21.7 Å². The summed E-state index contributed by atoms with van der Waals surface area (Å²) >= 11 is 0. The number of H-pyrrole nitrogens is 1. The number of carbonyl (C=O) groups is 1. The quantitative estimate of drug-likeness (QED) is 0.474. The summed E-state index contributed by atoms with van der Waals surface area (Å²) < 4.78 is 3.37. The first kappa shape index (κ1) is 18.7. The molecule has 148 valence electrons. The lowest BCUT2D eigenvalue weighted by molar-refractivity contribution is -0.121. The second-order valence-corrected chi connectivity index (χ2v) is 6.96. The fourth-order valence-electron chi connectivity index (χ4n) is 3.52. The lowest BCUT2D eigenvalue weighted by Gasteiger charge is -2.09. The van der Waals surface area contributed by atoms with Gasteiger partial charge in [0.1, 0.15) is 0 Å². The van der Waals surface area contributed by atoms with Gasteiger partial charge in [-0.2, -0.15) is 0 Å². The van der Waals surface area contributed by atoms with Crippen LogP contribution in [0.5, 0.6) is 0 Å². The van der Waals surface area contributed by atoms with Crippen molar-refractivity contribution in [3.8, 4) is 0 Å². The van der Waals surface area contributed by atoms with Crippen molar-refractivity contribution in [1.82, 2.24) is 19.7 Å². The summed E-state index contributed by atoms with van der Waals surface area (Å²) in [4.78, 5) is 36.7. The fraction of sp³-hybridized carbons (Fsp3) is 0.227. The van der Waals surface area contributed by atoms with Gasteiger partial charge in [-0.05, 0) is 36.1 Å². The molecule has 0 atom stereocenters. The fourth-order valence-corrected chi connectivity index (χ4v) is 3.52. The molecular weight excluding hydrogens is 368 g/mol. The smallest absolute Gasteiger partial charge is 0.273 e. The van der Waals surface area contributed by atoms with Gasteiger partial charge in [-0.1, -0.05) is 30.3 Å². The Balaban J connectivity index is 1.29. The van der Waals surface area contributed by atoms with E-state index in [-0.39, 0.29) is 30.0 Å². The molecule has 2 aromatic carbocycles. The molecule has 0 aliphatic heterocycles. The number of carbonyl (C=O) groups excluding carboxylic acids is 1. The van der Waals surface area contributed by atoms with Gasteiger partial charge in [0.25, 0.3) is 11.1 Å². The molecule has 0 bridgehead atoms. The van der Waals surface area contributed by atoms with Crippen molar-refractivity contribution in [2.45, 2.75) is 25.9 Å². The van der Waals surface area contributed by atoms with E-state index in [0.29, 0.717) is 17.3 Å². The highest BCUT2D eigenvalue weighted by molar-refractivity contribution is 5.81. The Morgan fingerprint density at radius 3 is 2.55 bits per heavy atom. The molecule has 0 unspecified atom stereocenters. The van der Waals surface area contributed by atoms with Crippen molar-refractivity contribution >= 4 is 27.6 Å². The average molecular weight is 390 g/mol. The predicted molar refractivity (Wildman–Crippen MR) is 113 cm³/mol. The van der Waals surface area contributed by atoms with Gasteiger partial charge in [-0.3, -0.25) is 19.5 Å². The van der Waals surface area contributed by atoms with E-state index in [1.54, 1.807) is 24.3 Å². The first-order valence-corrected chi connectivity index (χ1v) is 9.66. The second kappa shape index (κ2) is 8.18. The predicted octanol–water partition coefficient (Wildman–Crippen LogP) is 2.24. The summed E-state index contributed by atoms with van der Waals surface area (Å²) in [5.74, 6) is -0.150. The molecule has 2 heterocycles. The average Bonchev–Trinajstić information content (AvgIpc) is 3.16. The minimum atomic E-state index is -0.334. The Morgan fingerprint density at radius 2 is 1.69 bits per heavy atom. The van der Waals surface area contributed by atoms with E-state index in [4.69, 9.17) is 0 Å². The number of fused-ring (bicyclic) bond motifs is 2. The van der Waals surface area contributed by atoms with E-state index in [1.807, 2.05) is 12.1 Å². The monoisotopic (exact) mass is 390 g/mol. The van der Waals surface area contributed by atoms with Crippen LogP contribution in [0, 0.1) is 0 Å². The molecule has 0 aliphatic carbocycles. The molecule has 29 heavy (non-hydrogen) atoms. The van der Waals surface area contributed by atoms with Crippen LogP contribution >= 0.6 is 0 Å². The normalized spacial score (nSPS) is 11.2. The molecule has 0 aliphatic rings. The van der Waals surface area contributed by atoms with Gasteiger partial charge in [0.2, 0.25) is 5.91 Å². The van der Waals surface area contributed by atoms with Gasteiger partial charge >= 0.3 is 0 Å². The standard InChI is InChI=1S/C22H22N4O3/c27-20(23-12-5-13-25-14-10-16-6-1-4-9-19(16)25)11-15-26-22(29)18-8-3-2-7-17(18)21(28)24-26/h1-4,6-10,14H,5,11-13,15H2,(H,23,27)(H,24,28). The number of benzene rings is 2. The molecule has 2 N–H and O–H groups in total. The molecule has 2 aromatic heterocycles. The first-order valence-electron chi connectivity index (χ1n) is 9.66. The van der Waals surface area contributed by atoms with Gasteiger partial charge in [0, 0.05) is 31.2 Å². The molecular formula is C22H22N4O3. The zero-order valence-electron chi connectivity index (χ0n) is 15.9. The zero-order valence-corrected chi connectivity index (χ0v) is 15.9. The first-order chi connectivity index (χ1) is 14.1. The summed E-state index contributed by atoms with van der Waals surface area (Å²) in [6.45, 7) is 1.49. The van der Waals surface area contributed by atoms with E-state index in [9.17, 15) is 14.4 Å². The second-order valence-electron chi connectivity index (χ2n) is 6.96. The summed E-state index contributed by atoms with van der Waals surface area (Å²) in [5, 5.41) is 7.33. The number of hydrogen-bond acceptors (Lipinski definition) is 3. The highest BCUT2D eigenvalue weighted by Crippen LogP contribution is 2.15. The molecule has 7 heteroatoms. The van der Waals surface area contributed by atoms with Crippen LogP contribution in [-0.4, -0.2) is 26.8 Å². The van der Waals surface area contributed by atoms with E-state index < -0.39 is 0 Å². The number of aryl methyl sites for hydroxylation is 2. The van der Waals surface area contributed by atoms with Crippen LogP contribution < -0.4 is 16.4 Å². The SMILES string of the molecule is O=C(CCn1[nH]c(=O)c2ccccc2c1=O)NCCCn1ccc2ccccc21. The minimum absolute atomic E-state index is 0.126. The van der Waals surface area contributed by atoms with E-state index in [2.05, 4.69) is 39.4 Å². The maximum Gasteiger partial charge on any atom is 0.273 e. The number of nitrogens with zero attached hydrogens (tertiary/aromatic N) is 2. The van der Waals surface area contributed by atoms with Gasteiger partial charge < -0.3 is 9.88 Å². The number of rotatable bonds is 7. The molecule has 0 spiro atoms. The van der Waals surface area contributed by atoms with E-state index >= 15 is 0 Å². The third-order valence-corrected chi connectivity index (χ3v) is 5.02. The van der Waals surface area contributed by atoms with E-state index in [1.165, 1.54) is 15.6 Å². The van der Waals surface area contributed by atoms with Gasteiger partial charge in [0.05, 0.1) is 17.3 Å². The summed E-state index contributed by atoms with van der Waals surface area (Å²) in [5.41, 5.74) is 0.547.